The van der Waals surface area contributed by atoms with Crippen molar-refractivity contribution in [1.82, 2.24) is 0 Å². The predicted octanol–water partition coefficient (Wildman–Crippen LogP) is 6.96. The van der Waals surface area contributed by atoms with Crippen LogP contribution in [0.2, 0.25) is 0 Å². The van der Waals surface area contributed by atoms with Crippen LogP contribution in [0.3, 0.4) is 0 Å². The highest BCUT2D eigenvalue weighted by Crippen LogP contribution is 2.16. The molecular weight excluding hydrogens is 438 g/mol. The highest BCUT2D eigenvalue weighted by molar-refractivity contribution is 5.66. The normalized spacial score (nSPS) is 12.6. The second-order valence-corrected chi connectivity index (χ2v) is 11.3. The molecule has 5 heteroatoms. The fourth-order valence-corrected chi connectivity index (χ4v) is 4.97. The van der Waals surface area contributed by atoms with Gasteiger partial charge in [-0.15, -0.1) is 0 Å². The van der Waals surface area contributed by atoms with Crippen molar-refractivity contribution in [3.05, 3.63) is 0 Å². The maximum absolute atomic E-state index is 11.6. The number of nitrogens with zero attached hydrogens (tertiary/aromatic N) is 1. The van der Waals surface area contributed by atoms with Crippen LogP contribution in [0.4, 0.5) is 0 Å². The summed E-state index contributed by atoms with van der Waals surface area (Å²) < 4.78 is 6.42. The number of likely N-dealkylation sites (N-methyl/N-ethyl adjacent to an activating group) is 1. The first-order chi connectivity index (χ1) is 16.8. The van der Waals surface area contributed by atoms with Crippen LogP contribution in [0.15, 0.2) is 0 Å². The number of carbonyl (C=O) groups excluding carboxylic acids is 2. The largest absolute Gasteiger partial charge is 0.550 e. The fourth-order valence-electron chi connectivity index (χ4n) is 4.97. The van der Waals surface area contributed by atoms with Gasteiger partial charge < -0.3 is 19.1 Å². The van der Waals surface area contributed by atoms with Gasteiger partial charge in [0, 0.05) is 12.9 Å². The molecule has 0 aliphatic heterocycles. The van der Waals surface area contributed by atoms with Crippen LogP contribution in [0.25, 0.3) is 0 Å². The molecule has 0 bridgehead atoms. The number of esters is 1. The average molecular weight is 498 g/mol. The number of hydrogen-bond acceptors (Lipinski definition) is 4. The Bertz CT molecular complexity index is 507. The maximum Gasteiger partial charge on any atom is 0.303 e. The number of rotatable bonds is 26. The summed E-state index contributed by atoms with van der Waals surface area (Å²) in [5.74, 6) is -1.16. The van der Waals surface area contributed by atoms with Crippen LogP contribution in [-0.2, 0) is 14.3 Å². The molecular formula is C30H59NO4. The Labute approximate surface area is 218 Å². The summed E-state index contributed by atoms with van der Waals surface area (Å²) in [7, 11) is 4.34. The lowest BCUT2D eigenvalue weighted by atomic mass is 10.0. The highest BCUT2D eigenvalue weighted by Gasteiger charge is 2.23. The maximum atomic E-state index is 11.6. The molecule has 0 aromatic rings. The van der Waals surface area contributed by atoms with Gasteiger partial charge in [-0.25, -0.2) is 0 Å². The summed E-state index contributed by atoms with van der Waals surface area (Å²) in [6.07, 6.45) is 25.4. The van der Waals surface area contributed by atoms with Crippen molar-refractivity contribution < 1.29 is 23.9 Å². The molecule has 208 valence electrons. The lowest BCUT2D eigenvalue weighted by molar-refractivity contribution is -0.893. The Morgan fingerprint density at radius 3 is 1.54 bits per heavy atom. The number of carbonyl (C=O) groups is 2. The fraction of sp³-hybridized carbons (Fsp3) is 0.933. The van der Waals surface area contributed by atoms with Crippen LogP contribution in [0, 0.1) is 0 Å². The number of carboxylic acids is 1. The third kappa shape index (κ3) is 25.8. The molecule has 1 unspecified atom stereocenters. The van der Waals surface area contributed by atoms with Gasteiger partial charge in [0.15, 0.2) is 6.10 Å². The second kappa shape index (κ2) is 23.3. The smallest absolute Gasteiger partial charge is 0.303 e. The van der Waals surface area contributed by atoms with Crippen LogP contribution in [0.1, 0.15) is 149 Å². The zero-order valence-corrected chi connectivity index (χ0v) is 23.9. The summed E-state index contributed by atoms with van der Waals surface area (Å²) >= 11 is 0. The number of aliphatic carboxylic acids is 1. The van der Waals surface area contributed by atoms with E-state index in [2.05, 4.69) is 21.0 Å². The highest BCUT2D eigenvalue weighted by atomic mass is 16.5. The summed E-state index contributed by atoms with van der Waals surface area (Å²) in [6, 6.07) is 0. The third-order valence-corrected chi connectivity index (χ3v) is 7.05. The summed E-state index contributed by atoms with van der Waals surface area (Å²) in [5, 5.41) is 10.5. The molecule has 0 rings (SSSR count). The van der Waals surface area contributed by atoms with E-state index in [1.165, 1.54) is 103 Å². The van der Waals surface area contributed by atoms with E-state index in [9.17, 15) is 14.7 Å². The zero-order chi connectivity index (χ0) is 26.2. The van der Waals surface area contributed by atoms with E-state index in [1.807, 2.05) is 0 Å². The molecule has 0 fully saturated rings. The molecule has 0 radical (unpaired) electrons. The van der Waals surface area contributed by atoms with Crippen molar-refractivity contribution in [2.24, 2.45) is 0 Å². The molecule has 0 amide bonds. The van der Waals surface area contributed by atoms with Gasteiger partial charge >= 0.3 is 5.97 Å². The standard InChI is InChI=1S/C30H59NO4/c1-5-6-7-8-9-10-11-12-13-14-15-16-17-18-19-21-24-29(35-28(2)32)27-31(3,4)26-23-20-22-25-30(33)34/h29H,5-27H2,1-4H3. The lowest BCUT2D eigenvalue weighted by Gasteiger charge is -2.33. The predicted molar refractivity (Wildman–Crippen MR) is 145 cm³/mol. The molecule has 0 aromatic heterocycles. The molecule has 0 aliphatic carbocycles. The first-order valence-corrected chi connectivity index (χ1v) is 15.0. The average Bonchev–Trinajstić information content (AvgIpc) is 2.77. The Kier molecular flexibility index (Phi) is 22.6. The van der Waals surface area contributed by atoms with Crippen LogP contribution >= 0.6 is 0 Å². The van der Waals surface area contributed by atoms with Gasteiger partial charge in [0.2, 0.25) is 0 Å². The number of quaternary nitrogens is 1. The van der Waals surface area contributed by atoms with Crippen molar-refractivity contribution in [2.45, 2.75) is 155 Å². The zero-order valence-electron chi connectivity index (χ0n) is 23.9. The van der Waals surface area contributed by atoms with Gasteiger partial charge in [-0.1, -0.05) is 103 Å². The van der Waals surface area contributed by atoms with E-state index in [0.717, 1.165) is 43.3 Å². The van der Waals surface area contributed by atoms with Crippen LogP contribution in [0.5, 0.6) is 0 Å². The molecule has 0 heterocycles. The van der Waals surface area contributed by atoms with Crippen LogP contribution in [-0.4, -0.2) is 49.7 Å². The summed E-state index contributed by atoms with van der Waals surface area (Å²) in [6.45, 7) is 5.56. The number of hydrogen-bond donors (Lipinski definition) is 0. The minimum Gasteiger partial charge on any atom is -0.550 e. The quantitative estimate of drug-likeness (QED) is 0.0736. The van der Waals surface area contributed by atoms with Crippen LogP contribution < -0.4 is 5.11 Å². The van der Waals surface area contributed by atoms with Crippen molar-refractivity contribution in [2.75, 3.05) is 27.2 Å². The number of unbranched alkanes of at least 4 members (excludes halogenated alkanes) is 17. The molecule has 0 aromatic carbocycles. The van der Waals surface area contributed by atoms with E-state index in [4.69, 9.17) is 4.74 Å². The Morgan fingerprint density at radius 2 is 1.11 bits per heavy atom. The van der Waals surface area contributed by atoms with Gasteiger partial charge in [0.1, 0.15) is 6.54 Å². The first kappa shape index (κ1) is 33.9. The molecule has 0 spiro atoms. The minimum absolute atomic E-state index is 0.0302. The second-order valence-electron chi connectivity index (χ2n) is 11.3. The number of ether oxygens (including phenoxy) is 1. The van der Waals surface area contributed by atoms with E-state index in [0.29, 0.717) is 6.42 Å². The Hall–Kier alpha value is -1.10. The molecule has 0 N–H and O–H groups in total. The lowest BCUT2D eigenvalue weighted by Crippen LogP contribution is -2.47. The molecule has 0 saturated heterocycles. The van der Waals surface area contributed by atoms with Crippen molar-refractivity contribution in [1.29, 1.82) is 0 Å². The first-order valence-electron chi connectivity index (χ1n) is 15.0. The van der Waals surface area contributed by atoms with Crippen molar-refractivity contribution in [3.63, 3.8) is 0 Å². The van der Waals surface area contributed by atoms with E-state index >= 15 is 0 Å². The molecule has 5 nitrogen and oxygen atoms in total. The van der Waals surface area contributed by atoms with Crippen molar-refractivity contribution >= 4 is 11.9 Å². The van der Waals surface area contributed by atoms with E-state index in [1.54, 1.807) is 0 Å². The summed E-state index contributed by atoms with van der Waals surface area (Å²) in [4.78, 5) is 22.1. The van der Waals surface area contributed by atoms with Gasteiger partial charge in [-0.3, -0.25) is 4.79 Å². The third-order valence-electron chi connectivity index (χ3n) is 7.05. The molecule has 35 heavy (non-hydrogen) atoms. The van der Waals surface area contributed by atoms with Gasteiger partial charge in [0.25, 0.3) is 0 Å². The van der Waals surface area contributed by atoms with E-state index < -0.39 is 5.97 Å². The van der Waals surface area contributed by atoms with Gasteiger partial charge in [-0.05, 0) is 38.5 Å². The Balaban J connectivity index is 3.76. The van der Waals surface area contributed by atoms with Crippen molar-refractivity contribution in [3.8, 4) is 0 Å². The molecule has 0 aliphatic rings. The monoisotopic (exact) mass is 497 g/mol. The van der Waals surface area contributed by atoms with Gasteiger partial charge in [-0.2, -0.15) is 0 Å². The topological polar surface area (TPSA) is 66.4 Å². The Morgan fingerprint density at radius 1 is 0.686 bits per heavy atom. The van der Waals surface area contributed by atoms with Gasteiger partial charge in [0.05, 0.1) is 20.6 Å². The SMILES string of the molecule is CCCCCCCCCCCCCCCCCCC(C[N+](C)(C)CCCCCC(=O)[O-])OC(C)=O. The van der Waals surface area contributed by atoms with E-state index in [-0.39, 0.29) is 18.5 Å². The minimum atomic E-state index is -0.965. The summed E-state index contributed by atoms with van der Waals surface area (Å²) in [5.41, 5.74) is 0. The number of carboxylic acid groups (broad SMARTS) is 1. The molecule has 0 saturated carbocycles. The molecule has 1 atom stereocenters.